The van der Waals surface area contributed by atoms with Gasteiger partial charge in [-0.2, -0.15) is 6.07 Å². The molecule has 7 aromatic rings. The van der Waals surface area contributed by atoms with Gasteiger partial charge in [-0.25, -0.2) is 4.98 Å². The molecule has 0 saturated carbocycles. The number of hydrogen-bond donors (Lipinski definition) is 0. The molecule has 0 fully saturated rings. The van der Waals surface area contributed by atoms with Crippen molar-refractivity contribution in [3.63, 3.8) is 0 Å². The monoisotopic (exact) mass is 1010 g/mol. The second-order valence-corrected chi connectivity index (χ2v) is 21.7. The molecule has 0 aliphatic carbocycles. The number of allylic oxidation sites excluding steroid dienone is 1. The smallest absolute Gasteiger partial charge is 0.135 e. The normalized spacial score (nSPS) is 14.0. The summed E-state index contributed by atoms with van der Waals surface area (Å²) in [6.45, 7) is 33.8. The molecule has 0 radical (unpaired) electrons. The van der Waals surface area contributed by atoms with Crippen molar-refractivity contribution in [2.75, 3.05) is 9.80 Å². The molecule has 0 amide bonds. The van der Waals surface area contributed by atoms with Gasteiger partial charge in [-0.05, 0) is 80.4 Å². The first-order chi connectivity index (χ1) is 29.0. The van der Waals surface area contributed by atoms with E-state index in [1.165, 1.54) is 28.0 Å². The van der Waals surface area contributed by atoms with E-state index in [0.717, 1.165) is 44.6 Å². The Labute approximate surface area is 391 Å². The standard InChI is InChI=1S/C57H63N4O.Pt/c1-53(2,3)39-21-18-22-43(29-39)59-36-51(56(10,11)12)60(37-59)44-30-42(55(7,8)9)31-46(34-44)62-45-24-25-47-48-32-41(57(13,14)38-19-16-15-17-20-38)23-26-49(48)61(50(47)35-45)52-33-40(27-28-58-52)54(4,5)6;/h15-33,36-37H,1-14H3;/q-3;. The molecule has 63 heavy (non-hydrogen) atoms. The molecule has 0 saturated heterocycles. The third-order valence-electron chi connectivity index (χ3n) is 12.4. The van der Waals surface area contributed by atoms with Gasteiger partial charge in [0.1, 0.15) is 5.82 Å². The number of aromatic nitrogens is 2. The number of fused-ring (bicyclic) bond motifs is 3. The van der Waals surface area contributed by atoms with Gasteiger partial charge in [-0.15, -0.1) is 53.6 Å². The molecule has 0 N–H and O–H groups in total. The maximum Gasteiger partial charge on any atom is 0.135 e. The molecular formula is C57H63N4OPt-3. The Balaban J connectivity index is 0.00000595. The van der Waals surface area contributed by atoms with Crippen molar-refractivity contribution in [1.29, 1.82) is 0 Å². The summed E-state index contributed by atoms with van der Waals surface area (Å²) in [6.07, 6.45) is 4.18. The Kier molecular flexibility index (Phi) is 12.0. The summed E-state index contributed by atoms with van der Waals surface area (Å²) in [6, 6.07) is 46.9. The fourth-order valence-corrected chi connectivity index (χ4v) is 8.34. The van der Waals surface area contributed by atoms with E-state index in [1.54, 1.807) is 0 Å². The molecular weight excluding hydrogens is 952 g/mol. The number of nitrogens with zero attached hydrogens (tertiary/aromatic N) is 4. The zero-order valence-electron chi connectivity index (χ0n) is 39.6. The van der Waals surface area contributed by atoms with E-state index in [-0.39, 0.29) is 48.1 Å². The third-order valence-corrected chi connectivity index (χ3v) is 12.4. The van der Waals surface area contributed by atoms with E-state index in [2.05, 4.69) is 239 Å². The zero-order valence-corrected chi connectivity index (χ0v) is 41.9. The van der Waals surface area contributed by atoms with Crippen molar-refractivity contribution in [3.8, 4) is 17.3 Å². The fraction of sp³-hybridized carbons (Fsp3) is 0.333. The van der Waals surface area contributed by atoms with Crippen LogP contribution in [-0.2, 0) is 42.7 Å². The van der Waals surface area contributed by atoms with Crippen LogP contribution in [0.25, 0.3) is 27.6 Å². The van der Waals surface area contributed by atoms with Gasteiger partial charge in [0.25, 0.3) is 0 Å². The first-order valence-corrected chi connectivity index (χ1v) is 22.0. The second kappa shape index (κ2) is 16.5. The Morgan fingerprint density at radius 2 is 1.21 bits per heavy atom. The first-order valence-electron chi connectivity index (χ1n) is 22.0. The number of hydrogen-bond acceptors (Lipinski definition) is 4. The molecule has 1 aliphatic heterocycles. The fourth-order valence-electron chi connectivity index (χ4n) is 8.34. The van der Waals surface area contributed by atoms with Crippen LogP contribution in [0.1, 0.15) is 125 Å². The van der Waals surface area contributed by atoms with Crippen molar-refractivity contribution in [2.24, 2.45) is 5.41 Å². The average molecular weight is 1020 g/mol. The number of benzene rings is 5. The molecule has 8 rings (SSSR count). The molecule has 2 aromatic heterocycles. The number of pyridine rings is 1. The Hall–Kier alpha value is -5.12. The minimum absolute atomic E-state index is 0. The number of anilines is 2. The van der Waals surface area contributed by atoms with Crippen molar-refractivity contribution in [1.82, 2.24) is 9.55 Å². The summed E-state index contributed by atoms with van der Waals surface area (Å²) in [5, 5.41) is 2.25. The zero-order chi connectivity index (χ0) is 44.6. The molecule has 0 bridgehead atoms. The van der Waals surface area contributed by atoms with E-state index in [9.17, 15) is 0 Å². The first kappa shape index (κ1) is 45.9. The third kappa shape index (κ3) is 9.14. The van der Waals surface area contributed by atoms with Crippen molar-refractivity contribution in [2.45, 2.75) is 119 Å². The Morgan fingerprint density at radius 3 is 1.87 bits per heavy atom. The van der Waals surface area contributed by atoms with Crippen molar-refractivity contribution < 1.29 is 25.8 Å². The van der Waals surface area contributed by atoms with Crippen LogP contribution >= 0.6 is 0 Å². The van der Waals surface area contributed by atoms with E-state index in [4.69, 9.17) is 9.72 Å². The van der Waals surface area contributed by atoms with Gasteiger partial charge in [0, 0.05) is 66.5 Å². The largest absolute Gasteiger partial charge is 0.509 e. The van der Waals surface area contributed by atoms with Crippen LogP contribution in [0.2, 0.25) is 0 Å². The van der Waals surface area contributed by atoms with Crippen LogP contribution in [0.4, 0.5) is 11.4 Å². The summed E-state index contributed by atoms with van der Waals surface area (Å²) in [4.78, 5) is 9.49. The van der Waals surface area contributed by atoms with Gasteiger partial charge in [0.2, 0.25) is 0 Å². The number of rotatable bonds is 7. The summed E-state index contributed by atoms with van der Waals surface area (Å²) in [5.74, 6) is 2.11. The summed E-state index contributed by atoms with van der Waals surface area (Å²) in [5.41, 5.74) is 10.9. The minimum atomic E-state index is -0.199. The molecule has 0 unspecified atom stereocenters. The molecule has 0 atom stereocenters. The molecule has 0 spiro atoms. The molecule has 5 nitrogen and oxygen atoms in total. The Morgan fingerprint density at radius 1 is 0.540 bits per heavy atom. The molecule has 330 valence electrons. The van der Waals surface area contributed by atoms with Gasteiger partial charge >= 0.3 is 0 Å². The summed E-state index contributed by atoms with van der Waals surface area (Å²) >= 11 is 0. The predicted octanol–water partition coefficient (Wildman–Crippen LogP) is 15.1. The predicted molar refractivity (Wildman–Crippen MR) is 261 cm³/mol. The van der Waals surface area contributed by atoms with Crippen LogP contribution < -0.4 is 14.5 Å². The van der Waals surface area contributed by atoms with Crippen LogP contribution in [0, 0.1) is 24.2 Å². The van der Waals surface area contributed by atoms with Gasteiger partial charge < -0.3 is 19.1 Å². The van der Waals surface area contributed by atoms with Gasteiger partial charge in [-0.1, -0.05) is 157 Å². The molecule has 3 heterocycles. The topological polar surface area (TPSA) is 33.5 Å². The van der Waals surface area contributed by atoms with E-state index >= 15 is 0 Å². The van der Waals surface area contributed by atoms with Gasteiger partial charge in [0.05, 0.1) is 0 Å². The van der Waals surface area contributed by atoms with Crippen LogP contribution in [0.5, 0.6) is 11.5 Å². The van der Waals surface area contributed by atoms with Crippen LogP contribution in [0.15, 0.2) is 127 Å². The quantitative estimate of drug-likeness (QED) is 0.149. The average Bonchev–Trinajstić information content (AvgIpc) is 3.81. The van der Waals surface area contributed by atoms with Crippen LogP contribution in [-0.4, -0.2) is 9.55 Å². The summed E-state index contributed by atoms with van der Waals surface area (Å²) in [7, 11) is 0. The van der Waals surface area contributed by atoms with E-state index < -0.39 is 0 Å². The molecule has 5 aromatic carbocycles. The Bertz CT molecular complexity index is 2820. The maximum atomic E-state index is 6.89. The van der Waals surface area contributed by atoms with Gasteiger partial charge in [-0.3, -0.25) is 0 Å². The van der Waals surface area contributed by atoms with E-state index in [1.807, 2.05) is 12.3 Å². The van der Waals surface area contributed by atoms with Crippen molar-refractivity contribution in [3.05, 3.63) is 174 Å². The molecule has 6 heteroatoms. The molecule has 1 aliphatic rings. The minimum Gasteiger partial charge on any atom is -0.509 e. The van der Waals surface area contributed by atoms with Gasteiger partial charge in [0.15, 0.2) is 0 Å². The summed E-state index contributed by atoms with van der Waals surface area (Å²) < 4.78 is 9.14. The van der Waals surface area contributed by atoms with E-state index in [0.29, 0.717) is 11.5 Å². The maximum absolute atomic E-state index is 6.89. The SMILES string of the molecule is CC(C)(C)C1=CN(c2cccc(C(C)(C)C)c2)[CH-]N1c1[c-]c(Oc2[c-]c3c(cc2)c2cc(C(C)(C)c4ccccc4)ccc2n3-c2cc(C(C)(C)C)ccn2)cc(C(C)(C)C)c1.[Pt]. The second-order valence-electron chi connectivity index (χ2n) is 21.7. The van der Waals surface area contributed by atoms with Crippen molar-refractivity contribution >= 4 is 33.2 Å². The van der Waals surface area contributed by atoms with Crippen LogP contribution in [0.3, 0.4) is 0 Å². The number of ether oxygens (including phenoxy) is 1.